The summed E-state index contributed by atoms with van der Waals surface area (Å²) in [7, 11) is 0. The molecule has 0 unspecified atom stereocenters. The summed E-state index contributed by atoms with van der Waals surface area (Å²) >= 11 is 0. The highest BCUT2D eigenvalue weighted by Crippen LogP contribution is 2.37. The van der Waals surface area contributed by atoms with Crippen molar-refractivity contribution in [1.82, 2.24) is 0 Å². The molecule has 2 aliphatic rings. The quantitative estimate of drug-likeness (QED) is 0.656. The second-order valence-electron chi connectivity index (χ2n) is 4.90. The van der Waals surface area contributed by atoms with Gasteiger partial charge in [-0.1, -0.05) is 25.7 Å². The molecule has 2 nitrogen and oxygen atoms in total. The predicted molar refractivity (Wildman–Crippen MR) is 56.2 cm³/mol. The SMILES string of the molecule is OC1(C2CCOCC2)CCCCCC1. The van der Waals surface area contributed by atoms with Crippen molar-refractivity contribution in [2.24, 2.45) is 5.92 Å². The van der Waals surface area contributed by atoms with Crippen molar-refractivity contribution in [3.8, 4) is 0 Å². The highest BCUT2D eigenvalue weighted by atomic mass is 16.5. The molecule has 1 heterocycles. The van der Waals surface area contributed by atoms with Gasteiger partial charge in [-0.25, -0.2) is 0 Å². The maximum atomic E-state index is 10.6. The molecule has 0 spiro atoms. The Balaban J connectivity index is 1.96. The smallest absolute Gasteiger partial charge is 0.0677 e. The van der Waals surface area contributed by atoms with Crippen molar-refractivity contribution in [2.75, 3.05) is 13.2 Å². The van der Waals surface area contributed by atoms with Crippen LogP contribution in [-0.2, 0) is 4.74 Å². The average Bonchev–Trinajstić information content (AvgIpc) is 2.46. The standard InChI is InChI=1S/C12H22O2/c13-12(7-3-1-2-4-8-12)11-5-9-14-10-6-11/h11,13H,1-10H2. The van der Waals surface area contributed by atoms with E-state index in [1.807, 2.05) is 0 Å². The van der Waals surface area contributed by atoms with Crippen molar-refractivity contribution in [2.45, 2.75) is 57.0 Å². The summed E-state index contributed by atoms with van der Waals surface area (Å²) in [5.74, 6) is 0.509. The number of hydrogen-bond donors (Lipinski definition) is 1. The van der Waals surface area contributed by atoms with E-state index in [-0.39, 0.29) is 5.60 Å². The zero-order valence-electron chi connectivity index (χ0n) is 9.00. The van der Waals surface area contributed by atoms with Gasteiger partial charge in [0.2, 0.25) is 0 Å². The summed E-state index contributed by atoms with van der Waals surface area (Å²) in [5, 5.41) is 10.6. The Hall–Kier alpha value is -0.0800. The highest BCUT2D eigenvalue weighted by Gasteiger charge is 2.37. The Bertz CT molecular complexity index is 165. The predicted octanol–water partition coefficient (Wildman–Crippen LogP) is 2.50. The van der Waals surface area contributed by atoms with Crippen LogP contribution in [0.25, 0.3) is 0 Å². The minimum Gasteiger partial charge on any atom is -0.390 e. The molecule has 0 atom stereocenters. The van der Waals surface area contributed by atoms with Crippen LogP contribution in [-0.4, -0.2) is 23.9 Å². The van der Waals surface area contributed by atoms with Crippen molar-refractivity contribution < 1.29 is 9.84 Å². The molecule has 2 fully saturated rings. The van der Waals surface area contributed by atoms with Crippen LogP contribution < -0.4 is 0 Å². The third-order valence-electron chi connectivity index (χ3n) is 3.95. The fraction of sp³-hybridized carbons (Fsp3) is 1.00. The molecule has 1 N–H and O–H groups in total. The van der Waals surface area contributed by atoms with E-state index in [9.17, 15) is 5.11 Å². The first-order valence-corrected chi connectivity index (χ1v) is 6.11. The van der Waals surface area contributed by atoms with Gasteiger partial charge < -0.3 is 9.84 Å². The van der Waals surface area contributed by atoms with Gasteiger partial charge in [-0.15, -0.1) is 0 Å². The highest BCUT2D eigenvalue weighted by molar-refractivity contribution is 4.89. The van der Waals surface area contributed by atoms with Gasteiger partial charge in [-0.3, -0.25) is 0 Å². The largest absolute Gasteiger partial charge is 0.390 e. The van der Waals surface area contributed by atoms with Gasteiger partial charge >= 0.3 is 0 Å². The van der Waals surface area contributed by atoms with E-state index in [0.717, 1.165) is 38.9 Å². The molecule has 14 heavy (non-hydrogen) atoms. The molecule has 1 saturated heterocycles. The molecule has 0 amide bonds. The van der Waals surface area contributed by atoms with Gasteiger partial charge in [-0.05, 0) is 31.6 Å². The average molecular weight is 198 g/mol. The molecule has 2 heteroatoms. The number of aliphatic hydroxyl groups is 1. The van der Waals surface area contributed by atoms with E-state index < -0.39 is 0 Å². The molecule has 0 bridgehead atoms. The van der Waals surface area contributed by atoms with Crippen LogP contribution in [0.4, 0.5) is 0 Å². The molecule has 1 aliphatic heterocycles. The van der Waals surface area contributed by atoms with Gasteiger partial charge in [0, 0.05) is 13.2 Å². The fourth-order valence-electron chi connectivity index (χ4n) is 2.98. The summed E-state index contributed by atoms with van der Waals surface area (Å²) in [6.45, 7) is 1.71. The van der Waals surface area contributed by atoms with Crippen molar-refractivity contribution in [1.29, 1.82) is 0 Å². The first-order chi connectivity index (χ1) is 6.81. The molecule has 82 valence electrons. The summed E-state index contributed by atoms with van der Waals surface area (Å²) < 4.78 is 5.36. The van der Waals surface area contributed by atoms with E-state index in [2.05, 4.69) is 0 Å². The fourth-order valence-corrected chi connectivity index (χ4v) is 2.98. The molecule has 1 aliphatic carbocycles. The second-order valence-corrected chi connectivity index (χ2v) is 4.90. The van der Waals surface area contributed by atoms with Gasteiger partial charge in [0.15, 0.2) is 0 Å². The van der Waals surface area contributed by atoms with Gasteiger partial charge in [0.05, 0.1) is 5.60 Å². The van der Waals surface area contributed by atoms with E-state index in [1.165, 1.54) is 25.7 Å². The Kier molecular flexibility index (Phi) is 3.45. The second kappa shape index (κ2) is 4.63. The Labute approximate surface area is 86.6 Å². The summed E-state index contributed by atoms with van der Waals surface area (Å²) in [6.07, 6.45) is 9.24. The van der Waals surface area contributed by atoms with E-state index in [0.29, 0.717) is 5.92 Å². The van der Waals surface area contributed by atoms with Gasteiger partial charge in [0.25, 0.3) is 0 Å². The van der Waals surface area contributed by atoms with Gasteiger partial charge in [0.1, 0.15) is 0 Å². The van der Waals surface area contributed by atoms with E-state index in [1.54, 1.807) is 0 Å². The molecule has 0 radical (unpaired) electrons. The zero-order chi connectivity index (χ0) is 9.86. The molecular weight excluding hydrogens is 176 g/mol. The molecule has 1 saturated carbocycles. The normalized spacial score (nSPS) is 29.8. The monoisotopic (exact) mass is 198 g/mol. The number of rotatable bonds is 1. The topological polar surface area (TPSA) is 29.5 Å². The summed E-state index contributed by atoms with van der Waals surface area (Å²) in [5.41, 5.74) is -0.347. The third-order valence-corrected chi connectivity index (χ3v) is 3.95. The summed E-state index contributed by atoms with van der Waals surface area (Å²) in [6, 6.07) is 0. The summed E-state index contributed by atoms with van der Waals surface area (Å²) in [4.78, 5) is 0. The van der Waals surface area contributed by atoms with Crippen LogP contribution in [0.5, 0.6) is 0 Å². The molecule has 0 aromatic heterocycles. The Morgan fingerprint density at radius 1 is 0.929 bits per heavy atom. The molecule has 0 aromatic rings. The van der Waals surface area contributed by atoms with Crippen molar-refractivity contribution in [3.63, 3.8) is 0 Å². The molecule has 0 aromatic carbocycles. The van der Waals surface area contributed by atoms with Crippen molar-refractivity contribution >= 4 is 0 Å². The Morgan fingerprint density at radius 2 is 1.50 bits per heavy atom. The maximum Gasteiger partial charge on any atom is 0.0677 e. The first-order valence-electron chi connectivity index (χ1n) is 6.11. The van der Waals surface area contributed by atoms with E-state index in [4.69, 9.17) is 4.74 Å². The van der Waals surface area contributed by atoms with Crippen LogP contribution in [0.3, 0.4) is 0 Å². The van der Waals surface area contributed by atoms with E-state index >= 15 is 0 Å². The lowest BCUT2D eigenvalue weighted by atomic mass is 9.77. The lowest BCUT2D eigenvalue weighted by Gasteiger charge is -2.38. The van der Waals surface area contributed by atoms with Crippen LogP contribution in [0, 0.1) is 5.92 Å². The van der Waals surface area contributed by atoms with Crippen molar-refractivity contribution in [3.05, 3.63) is 0 Å². The number of ether oxygens (including phenoxy) is 1. The molecular formula is C12H22O2. The molecule has 2 rings (SSSR count). The minimum absolute atomic E-state index is 0.347. The zero-order valence-corrected chi connectivity index (χ0v) is 9.00. The van der Waals surface area contributed by atoms with Gasteiger partial charge in [-0.2, -0.15) is 0 Å². The first kappa shape index (κ1) is 10.4. The lowest BCUT2D eigenvalue weighted by Crippen LogP contribution is -2.40. The Morgan fingerprint density at radius 3 is 2.07 bits per heavy atom. The van der Waals surface area contributed by atoms with Crippen LogP contribution >= 0.6 is 0 Å². The minimum atomic E-state index is -0.347. The van der Waals surface area contributed by atoms with Crippen LogP contribution in [0.15, 0.2) is 0 Å². The number of hydrogen-bond acceptors (Lipinski definition) is 2. The lowest BCUT2D eigenvalue weighted by molar-refractivity contribution is -0.0743. The maximum absolute atomic E-state index is 10.6. The van der Waals surface area contributed by atoms with Crippen LogP contribution in [0.2, 0.25) is 0 Å². The van der Waals surface area contributed by atoms with Crippen LogP contribution in [0.1, 0.15) is 51.4 Å². The third kappa shape index (κ3) is 2.29.